The van der Waals surface area contributed by atoms with E-state index in [1.807, 2.05) is 6.33 Å². The van der Waals surface area contributed by atoms with Gasteiger partial charge in [0.25, 0.3) is 0 Å². The first-order chi connectivity index (χ1) is 18.5. The lowest BCUT2D eigenvalue weighted by Crippen LogP contribution is -2.39. The lowest BCUT2D eigenvalue weighted by molar-refractivity contribution is 0.215. The van der Waals surface area contributed by atoms with Gasteiger partial charge in [-0.25, -0.2) is 18.8 Å². The maximum Gasteiger partial charge on any atom is 0.227 e. The number of imidazole rings is 1. The zero-order valence-electron chi connectivity index (χ0n) is 23.1. The van der Waals surface area contributed by atoms with Gasteiger partial charge >= 0.3 is 0 Å². The van der Waals surface area contributed by atoms with Gasteiger partial charge in [0.05, 0.1) is 6.33 Å². The number of nitrogens with two attached hydrogens (primary N) is 1. The van der Waals surface area contributed by atoms with Crippen molar-refractivity contribution in [1.82, 2.24) is 24.5 Å². The predicted octanol–water partition coefficient (Wildman–Crippen LogP) is 6.45. The second-order valence-electron chi connectivity index (χ2n) is 11.4. The first-order valence-electron chi connectivity index (χ1n) is 14.2. The molecule has 3 aliphatic rings. The fourth-order valence-electron chi connectivity index (χ4n) is 6.36. The van der Waals surface area contributed by atoms with Crippen LogP contribution in [0, 0.1) is 17.6 Å². The average molecular weight is 634 g/mol. The number of benzene rings is 1. The summed E-state index contributed by atoms with van der Waals surface area (Å²) in [6.07, 6.45) is 13.1. The van der Waals surface area contributed by atoms with Crippen molar-refractivity contribution in [2.24, 2.45) is 11.7 Å². The van der Waals surface area contributed by atoms with E-state index in [0.29, 0.717) is 35.9 Å². The molecule has 0 atom stereocenters. The van der Waals surface area contributed by atoms with Gasteiger partial charge in [0.15, 0.2) is 17.0 Å². The highest BCUT2D eigenvalue weighted by atomic mass is 35.5. The zero-order valence-corrected chi connectivity index (χ0v) is 25.6. The van der Waals surface area contributed by atoms with E-state index < -0.39 is 0 Å². The Morgan fingerprint density at radius 1 is 0.902 bits per heavy atom. The summed E-state index contributed by atoms with van der Waals surface area (Å²) in [7, 11) is 0. The highest BCUT2D eigenvalue weighted by molar-refractivity contribution is 5.86. The van der Waals surface area contributed by atoms with Crippen molar-refractivity contribution >= 4 is 60.2 Å². The SMILES string of the molecule is Cl.Cl.Cl.NC1CCC(Nc2nc(NN3CCC(Cc4cc(F)ccc4F)CC3)c3ncn(C4CCCC4)c3n2)CC1. The van der Waals surface area contributed by atoms with Crippen LogP contribution in [0.25, 0.3) is 11.2 Å². The zero-order chi connectivity index (χ0) is 26.1. The van der Waals surface area contributed by atoms with Crippen LogP contribution in [-0.2, 0) is 6.42 Å². The second-order valence-corrected chi connectivity index (χ2v) is 11.4. The first kappa shape index (κ1) is 33.5. The standard InChI is InChI=1S/C28H38F2N8.3ClH/c29-20-5-10-24(30)19(16-20)15-18-11-13-37(14-12-18)36-26-25-27(38(17-32-25)23-3-1-2-4-23)35-28(34-26)33-22-8-6-21(31)7-9-22;;;/h5,10,16-18,21-23H,1-4,6-9,11-15,31H2,(H2,33,34,35,36);3*1H. The summed E-state index contributed by atoms with van der Waals surface area (Å²) in [5.41, 5.74) is 11.8. The highest BCUT2D eigenvalue weighted by Crippen LogP contribution is 2.34. The Morgan fingerprint density at radius 3 is 2.32 bits per heavy atom. The molecule has 228 valence electrons. The van der Waals surface area contributed by atoms with Gasteiger partial charge in [-0.2, -0.15) is 9.97 Å². The molecule has 1 aromatic carbocycles. The Hall–Kier alpha value is -1.98. The molecule has 3 fully saturated rings. The molecule has 0 amide bonds. The third kappa shape index (κ3) is 7.90. The smallest absolute Gasteiger partial charge is 0.227 e. The number of hydrazine groups is 1. The van der Waals surface area contributed by atoms with Gasteiger partial charge in [0, 0.05) is 31.2 Å². The normalized spacial score (nSPS) is 22.0. The van der Waals surface area contributed by atoms with E-state index in [0.717, 1.165) is 81.4 Å². The van der Waals surface area contributed by atoms with Crippen LogP contribution in [0.4, 0.5) is 20.5 Å². The molecule has 0 bridgehead atoms. The third-order valence-corrected chi connectivity index (χ3v) is 8.64. The number of halogens is 5. The number of aromatic nitrogens is 4. The van der Waals surface area contributed by atoms with Crippen LogP contribution in [0.2, 0.25) is 0 Å². The van der Waals surface area contributed by atoms with E-state index in [2.05, 4.69) is 20.3 Å². The summed E-state index contributed by atoms with van der Waals surface area (Å²) in [5.74, 6) is 0.957. The molecule has 13 heteroatoms. The van der Waals surface area contributed by atoms with Crippen LogP contribution in [0.5, 0.6) is 0 Å². The third-order valence-electron chi connectivity index (χ3n) is 8.64. The molecule has 8 nitrogen and oxygen atoms in total. The van der Waals surface area contributed by atoms with E-state index in [1.54, 1.807) is 0 Å². The summed E-state index contributed by atoms with van der Waals surface area (Å²) in [5, 5.41) is 5.74. The molecule has 0 radical (unpaired) electrons. The molecule has 4 N–H and O–H groups in total. The van der Waals surface area contributed by atoms with Gasteiger partial charge in [-0.1, -0.05) is 12.8 Å². The lowest BCUT2D eigenvalue weighted by Gasteiger charge is -2.32. The molecular weight excluding hydrogens is 593 g/mol. The molecule has 6 rings (SSSR count). The molecule has 1 aliphatic heterocycles. The topological polar surface area (TPSA) is 96.9 Å². The summed E-state index contributed by atoms with van der Waals surface area (Å²) in [4.78, 5) is 14.6. The van der Waals surface area contributed by atoms with E-state index >= 15 is 0 Å². The Balaban J connectivity index is 0.00000154. The molecule has 2 saturated carbocycles. The first-order valence-corrected chi connectivity index (χ1v) is 14.2. The van der Waals surface area contributed by atoms with Crippen molar-refractivity contribution in [3.8, 4) is 0 Å². The number of hydrogen-bond donors (Lipinski definition) is 3. The van der Waals surface area contributed by atoms with Crippen molar-refractivity contribution in [2.75, 3.05) is 23.8 Å². The van der Waals surface area contributed by atoms with Crippen LogP contribution in [0.15, 0.2) is 24.5 Å². The highest BCUT2D eigenvalue weighted by Gasteiger charge is 2.26. The van der Waals surface area contributed by atoms with Crippen molar-refractivity contribution in [1.29, 1.82) is 0 Å². The van der Waals surface area contributed by atoms with Crippen molar-refractivity contribution in [2.45, 2.75) is 88.8 Å². The van der Waals surface area contributed by atoms with Gasteiger partial charge in [0.2, 0.25) is 5.95 Å². The maximum atomic E-state index is 14.2. The minimum atomic E-state index is -0.384. The summed E-state index contributed by atoms with van der Waals surface area (Å²) in [6, 6.07) is 4.77. The molecule has 3 aromatic rings. The summed E-state index contributed by atoms with van der Waals surface area (Å²) < 4.78 is 30.0. The Kier molecular flexibility index (Phi) is 12.2. The van der Waals surface area contributed by atoms with E-state index in [4.69, 9.17) is 20.7 Å². The Labute approximate surface area is 258 Å². The lowest BCUT2D eigenvalue weighted by atomic mass is 9.90. The Morgan fingerprint density at radius 2 is 1.61 bits per heavy atom. The van der Waals surface area contributed by atoms with Crippen LogP contribution < -0.4 is 16.5 Å². The Bertz CT molecular complexity index is 1260. The van der Waals surface area contributed by atoms with Crippen LogP contribution in [0.1, 0.15) is 75.8 Å². The number of anilines is 2. The van der Waals surface area contributed by atoms with E-state index in [1.165, 1.54) is 31.0 Å². The maximum absolute atomic E-state index is 14.2. The van der Waals surface area contributed by atoms with Crippen molar-refractivity contribution in [3.63, 3.8) is 0 Å². The van der Waals surface area contributed by atoms with Gasteiger partial charge in [0.1, 0.15) is 11.6 Å². The molecule has 1 saturated heterocycles. The molecular formula is C28H41Cl3F2N8. The minimum Gasteiger partial charge on any atom is -0.351 e. The fraction of sp³-hybridized carbons (Fsp3) is 0.607. The van der Waals surface area contributed by atoms with Gasteiger partial charge in [-0.05, 0) is 87.5 Å². The van der Waals surface area contributed by atoms with Crippen LogP contribution in [-0.4, -0.2) is 49.7 Å². The fourth-order valence-corrected chi connectivity index (χ4v) is 6.36. The molecule has 0 unspecified atom stereocenters. The van der Waals surface area contributed by atoms with Crippen molar-refractivity contribution < 1.29 is 8.78 Å². The number of nitrogens with zero attached hydrogens (tertiary/aromatic N) is 5. The minimum absolute atomic E-state index is 0. The number of piperidine rings is 1. The monoisotopic (exact) mass is 632 g/mol. The summed E-state index contributed by atoms with van der Waals surface area (Å²) >= 11 is 0. The number of rotatable bonds is 7. The van der Waals surface area contributed by atoms with Crippen molar-refractivity contribution in [3.05, 3.63) is 41.7 Å². The van der Waals surface area contributed by atoms with Crippen LogP contribution >= 0.6 is 37.2 Å². The molecule has 2 aliphatic carbocycles. The molecule has 3 heterocycles. The van der Waals surface area contributed by atoms with E-state index in [-0.39, 0.29) is 54.9 Å². The van der Waals surface area contributed by atoms with E-state index in [9.17, 15) is 8.78 Å². The van der Waals surface area contributed by atoms with Gasteiger partial charge in [-0.3, -0.25) is 0 Å². The van der Waals surface area contributed by atoms with Gasteiger partial charge < -0.3 is 21.0 Å². The summed E-state index contributed by atoms with van der Waals surface area (Å²) in [6.45, 7) is 1.58. The molecule has 2 aromatic heterocycles. The average Bonchev–Trinajstić information content (AvgIpc) is 3.59. The second kappa shape index (κ2) is 15.0. The van der Waals surface area contributed by atoms with Crippen LogP contribution in [0.3, 0.4) is 0 Å². The number of hydrogen-bond acceptors (Lipinski definition) is 7. The molecule has 0 spiro atoms. The predicted molar refractivity (Wildman–Crippen MR) is 166 cm³/mol. The largest absolute Gasteiger partial charge is 0.351 e. The number of nitrogens with one attached hydrogen (secondary N) is 2. The quantitative estimate of drug-likeness (QED) is 0.275. The molecule has 41 heavy (non-hydrogen) atoms. The van der Waals surface area contributed by atoms with Gasteiger partial charge in [-0.15, -0.1) is 37.2 Å². The number of fused-ring (bicyclic) bond motifs is 1.